The van der Waals surface area contributed by atoms with E-state index in [0.717, 1.165) is 25.5 Å². The van der Waals surface area contributed by atoms with Crippen molar-refractivity contribution in [2.24, 2.45) is 0 Å². The maximum atomic E-state index is 12.1. The average Bonchev–Trinajstić information content (AvgIpc) is 3.12. The van der Waals surface area contributed by atoms with Crippen molar-refractivity contribution in [3.63, 3.8) is 0 Å². The number of pyridine rings is 1. The topological polar surface area (TPSA) is 48.5 Å². The average molecular weight is 347 g/mol. The molecular formula is C18H26N4OS. The number of anilines is 1. The number of nitrogens with one attached hydrogen (secondary N) is 1. The van der Waals surface area contributed by atoms with E-state index in [1.807, 2.05) is 6.07 Å². The van der Waals surface area contributed by atoms with Crippen molar-refractivity contribution in [2.75, 3.05) is 39.0 Å². The van der Waals surface area contributed by atoms with Crippen molar-refractivity contribution >= 4 is 23.1 Å². The van der Waals surface area contributed by atoms with Gasteiger partial charge in [-0.2, -0.15) is 11.3 Å². The number of aromatic nitrogens is 1. The van der Waals surface area contributed by atoms with Crippen LogP contribution >= 0.6 is 11.3 Å². The van der Waals surface area contributed by atoms with E-state index in [1.54, 1.807) is 42.6 Å². The predicted octanol–water partition coefficient (Wildman–Crippen LogP) is 3.34. The van der Waals surface area contributed by atoms with Gasteiger partial charge in [-0.05, 0) is 47.6 Å². The molecule has 0 radical (unpaired) electrons. The minimum absolute atomic E-state index is 0.0152. The molecule has 2 aromatic heterocycles. The van der Waals surface area contributed by atoms with E-state index in [-0.39, 0.29) is 5.91 Å². The van der Waals surface area contributed by atoms with Crippen molar-refractivity contribution < 1.29 is 4.79 Å². The molecule has 0 saturated carbocycles. The van der Waals surface area contributed by atoms with Crippen LogP contribution in [0.4, 0.5) is 5.82 Å². The first-order valence-electron chi connectivity index (χ1n) is 8.24. The molecule has 0 bridgehead atoms. The number of carbonyl (C=O) groups is 1. The van der Waals surface area contributed by atoms with Crippen molar-refractivity contribution in [2.45, 2.75) is 19.9 Å². The van der Waals surface area contributed by atoms with E-state index in [1.165, 1.54) is 5.56 Å². The van der Waals surface area contributed by atoms with Gasteiger partial charge in [-0.25, -0.2) is 4.98 Å². The van der Waals surface area contributed by atoms with Gasteiger partial charge < -0.3 is 10.2 Å². The van der Waals surface area contributed by atoms with Crippen LogP contribution in [0.5, 0.6) is 0 Å². The largest absolute Gasteiger partial charge is 0.368 e. The van der Waals surface area contributed by atoms with Gasteiger partial charge in [0.05, 0.1) is 6.04 Å². The van der Waals surface area contributed by atoms with Crippen molar-refractivity contribution in [1.29, 1.82) is 0 Å². The van der Waals surface area contributed by atoms with Gasteiger partial charge in [-0.3, -0.25) is 9.69 Å². The van der Waals surface area contributed by atoms with Crippen molar-refractivity contribution in [1.82, 2.24) is 14.8 Å². The minimum atomic E-state index is -0.0152. The number of likely N-dealkylation sites (N-methyl/N-ethyl adjacent to an activating group) is 1. The summed E-state index contributed by atoms with van der Waals surface area (Å²) >= 11 is 1.72. The second-order valence-corrected chi connectivity index (χ2v) is 6.58. The molecule has 0 aliphatic carbocycles. The first kappa shape index (κ1) is 18.4. The highest BCUT2D eigenvalue weighted by Crippen LogP contribution is 2.23. The second-order valence-electron chi connectivity index (χ2n) is 5.80. The summed E-state index contributed by atoms with van der Waals surface area (Å²) in [6.45, 7) is 7.09. The third-order valence-corrected chi connectivity index (χ3v) is 4.77. The lowest BCUT2D eigenvalue weighted by Crippen LogP contribution is -2.33. The monoisotopic (exact) mass is 346 g/mol. The van der Waals surface area contributed by atoms with Crippen molar-refractivity contribution in [3.8, 4) is 0 Å². The lowest BCUT2D eigenvalue weighted by atomic mass is 10.1. The summed E-state index contributed by atoms with van der Waals surface area (Å²) in [5.41, 5.74) is 1.96. The van der Waals surface area contributed by atoms with Gasteiger partial charge in [0.2, 0.25) is 0 Å². The van der Waals surface area contributed by atoms with Crippen LogP contribution in [0.1, 0.15) is 35.8 Å². The van der Waals surface area contributed by atoms with Gasteiger partial charge in [-0.1, -0.05) is 13.8 Å². The smallest absolute Gasteiger partial charge is 0.253 e. The van der Waals surface area contributed by atoms with E-state index >= 15 is 0 Å². The van der Waals surface area contributed by atoms with E-state index in [9.17, 15) is 4.79 Å². The number of rotatable bonds is 8. The fourth-order valence-corrected chi connectivity index (χ4v) is 3.41. The highest BCUT2D eigenvalue weighted by atomic mass is 32.1. The van der Waals surface area contributed by atoms with Crippen LogP contribution in [-0.2, 0) is 0 Å². The quantitative estimate of drug-likeness (QED) is 0.796. The molecule has 0 aromatic carbocycles. The van der Waals surface area contributed by atoms with E-state index in [0.29, 0.717) is 11.6 Å². The van der Waals surface area contributed by atoms with E-state index < -0.39 is 0 Å². The van der Waals surface area contributed by atoms with Gasteiger partial charge in [0, 0.05) is 32.4 Å². The van der Waals surface area contributed by atoms with Crippen LogP contribution in [0.15, 0.2) is 35.2 Å². The number of carbonyl (C=O) groups excluding carboxylic acids is 1. The van der Waals surface area contributed by atoms with Gasteiger partial charge in [-0.15, -0.1) is 0 Å². The second kappa shape index (κ2) is 8.80. The molecule has 2 aromatic rings. The molecule has 0 saturated heterocycles. The Morgan fingerprint density at radius 3 is 2.62 bits per heavy atom. The standard InChI is InChI=1S/C18H26N4OS/c1-5-22(6-2)16(15-8-10-24-13-15)12-20-17-11-14(7-9-19-17)18(23)21(3)4/h7-11,13,16H,5-6,12H2,1-4H3,(H,19,20)/t16-/m1/s1. The SMILES string of the molecule is CCN(CC)[C@H](CNc1cc(C(=O)N(C)C)ccn1)c1ccsc1. The maximum Gasteiger partial charge on any atom is 0.253 e. The third-order valence-electron chi connectivity index (χ3n) is 4.07. The third kappa shape index (κ3) is 4.55. The Morgan fingerprint density at radius 2 is 2.04 bits per heavy atom. The Balaban J connectivity index is 2.12. The summed E-state index contributed by atoms with van der Waals surface area (Å²) < 4.78 is 0. The van der Waals surface area contributed by atoms with Crippen LogP contribution in [0.2, 0.25) is 0 Å². The van der Waals surface area contributed by atoms with Crippen LogP contribution in [-0.4, -0.2) is 54.4 Å². The number of hydrogen-bond acceptors (Lipinski definition) is 5. The molecule has 0 spiro atoms. The molecule has 2 heterocycles. The molecule has 1 atom stereocenters. The number of thiophene rings is 1. The molecule has 0 aliphatic rings. The van der Waals surface area contributed by atoms with Crippen molar-refractivity contribution in [3.05, 3.63) is 46.3 Å². The number of hydrogen-bond donors (Lipinski definition) is 1. The summed E-state index contributed by atoms with van der Waals surface area (Å²) in [6, 6.07) is 6.03. The normalized spacial score (nSPS) is 12.2. The summed E-state index contributed by atoms with van der Waals surface area (Å²) in [5, 5.41) is 7.71. The van der Waals surface area contributed by atoms with Crippen LogP contribution in [0.25, 0.3) is 0 Å². The highest BCUT2D eigenvalue weighted by Gasteiger charge is 2.18. The zero-order valence-electron chi connectivity index (χ0n) is 14.8. The van der Waals surface area contributed by atoms with Gasteiger partial charge >= 0.3 is 0 Å². The lowest BCUT2D eigenvalue weighted by Gasteiger charge is -2.29. The van der Waals surface area contributed by atoms with Crippen LogP contribution in [0, 0.1) is 0 Å². The van der Waals surface area contributed by atoms with E-state index in [2.05, 4.69) is 45.9 Å². The maximum absolute atomic E-state index is 12.1. The number of nitrogens with zero attached hydrogens (tertiary/aromatic N) is 3. The van der Waals surface area contributed by atoms with Gasteiger partial charge in [0.25, 0.3) is 5.91 Å². The molecule has 2 rings (SSSR count). The molecular weight excluding hydrogens is 320 g/mol. The zero-order valence-corrected chi connectivity index (χ0v) is 15.6. The Bertz CT molecular complexity index is 638. The van der Waals surface area contributed by atoms with Crippen LogP contribution < -0.4 is 5.32 Å². The molecule has 1 N–H and O–H groups in total. The Morgan fingerprint density at radius 1 is 1.29 bits per heavy atom. The summed E-state index contributed by atoms with van der Waals surface area (Å²) in [7, 11) is 3.51. The zero-order chi connectivity index (χ0) is 17.5. The molecule has 0 aliphatic heterocycles. The summed E-state index contributed by atoms with van der Waals surface area (Å²) in [4.78, 5) is 20.4. The van der Waals surface area contributed by atoms with Gasteiger partial charge in [0.15, 0.2) is 0 Å². The Hall–Kier alpha value is -1.92. The molecule has 1 amide bonds. The first-order chi connectivity index (χ1) is 11.6. The molecule has 24 heavy (non-hydrogen) atoms. The Labute approximate surface area is 148 Å². The fourth-order valence-electron chi connectivity index (χ4n) is 2.71. The molecule has 130 valence electrons. The highest BCUT2D eigenvalue weighted by molar-refractivity contribution is 7.07. The summed E-state index contributed by atoms with van der Waals surface area (Å²) in [6.07, 6.45) is 1.68. The number of amides is 1. The molecule has 5 nitrogen and oxygen atoms in total. The predicted molar refractivity (Wildman–Crippen MR) is 101 cm³/mol. The lowest BCUT2D eigenvalue weighted by molar-refractivity contribution is 0.0827. The minimum Gasteiger partial charge on any atom is -0.368 e. The van der Waals surface area contributed by atoms with Crippen LogP contribution in [0.3, 0.4) is 0 Å². The first-order valence-corrected chi connectivity index (χ1v) is 9.18. The molecule has 0 fully saturated rings. The summed E-state index contributed by atoms with van der Waals surface area (Å²) in [5.74, 6) is 0.716. The molecule has 6 heteroatoms. The molecule has 0 unspecified atom stereocenters. The van der Waals surface area contributed by atoms with E-state index in [4.69, 9.17) is 0 Å². The fraction of sp³-hybridized carbons (Fsp3) is 0.444. The Kier molecular flexibility index (Phi) is 6.75. The van der Waals surface area contributed by atoms with Gasteiger partial charge in [0.1, 0.15) is 5.82 Å².